The summed E-state index contributed by atoms with van der Waals surface area (Å²) in [5, 5.41) is 5.74. The van der Waals surface area contributed by atoms with Crippen molar-refractivity contribution in [3.8, 4) is 0 Å². The van der Waals surface area contributed by atoms with Gasteiger partial charge >= 0.3 is 0 Å². The van der Waals surface area contributed by atoms with Gasteiger partial charge in [-0.1, -0.05) is 30.3 Å². The van der Waals surface area contributed by atoms with Crippen molar-refractivity contribution < 1.29 is 0 Å². The van der Waals surface area contributed by atoms with Crippen LogP contribution in [0.2, 0.25) is 0 Å². The molecule has 0 bridgehead atoms. The van der Waals surface area contributed by atoms with Crippen LogP contribution in [0.4, 0.5) is 0 Å². The summed E-state index contributed by atoms with van der Waals surface area (Å²) in [5.74, 6) is 0. The highest BCUT2D eigenvalue weighted by molar-refractivity contribution is 7.07. The van der Waals surface area contributed by atoms with Crippen molar-refractivity contribution in [2.75, 3.05) is 13.1 Å². The molecule has 0 aliphatic carbocycles. The summed E-state index contributed by atoms with van der Waals surface area (Å²) in [7, 11) is 0. The van der Waals surface area contributed by atoms with Gasteiger partial charge in [0.2, 0.25) is 0 Å². The Morgan fingerprint density at radius 1 is 1.40 bits per heavy atom. The minimum absolute atomic E-state index is 0.502. The summed E-state index contributed by atoms with van der Waals surface area (Å²) < 4.78 is 0. The van der Waals surface area contributed by atoms with Gasteiger partial charge in [-0.2, -0.15) is 0 Å². The first kappa shape index (κ1) is 13.7. The summed E-state index contributed by atoms with van der Waals surface area (Å²) in [6.07, 6.45) is 1.22. The lowest BCUT2D eigenvalue weighted by atomic mass is 10.1. The maximum absolute atomic E-state index is 4.32. The van der Waals surface area contributed by atoms with Crippen molar-refractivity contribution in [2.24, 2.45) is 0 Å². The fraction of sp³-hybridized carbons (Fsp3) is 0.438. The lowest BCUT2D eigenvalue weighted by molar-refractivity contribution is 0.255. The van der Waals surface area contributed by atoms with Crippen LogP contribution in [-0.4, -0.2) is 29.0 Å². The van der Waals surface area contributed by atoms with Crippen molar-refractivity contribution >= 4 is 11.3 Å². The van der Waals surface area contributed by atoms with E-state index in [0.29, 0.717) is 12.1 Å². The predicted molar refractivity (Wildman–Crippen MR) is 83.8 cm³/mol. The zero-order chi connectivity index (χ0) is 13.8. The van der Waals surface area contributed by atoms with Gasteiger partial charge < -0.3 is 5.32 Å². The van der Waals surface area contributed by atoms with Gasteiger partial charge in [-0.15, -0.1) is 11.3 Å². The van der Waals surface area contributed by atoms with Gasteiger partial charge in [-0.05, 0) is 18.9 Å². The maximum Gasteiger partial charge on any atom is 0.0795 e. The third-order valence-electron chi connectivity index (χ3n) is 4.10. The number of rotatable bonds is 5. The van der Waals surface area contributed by atoms with E-state index in [4.69, 9.17) is 0 Å². The Kier molecular flexibility index (Phi) is 4.45. The molecule has 106 valence electrons. The second-order valence-electron chi connectivity index (χ2n) is 5.43. The van der Waals surface area contributed by atoms with Crippen molar-refractivity contribution in [1.29, 1.82) is 0 Å². The molecule has 1 aliphatic rings. The molecular formula is C16H21N3S. The molecule has 1 saturated heterocycles. The van der Waals surface area contributed by atoms with E-state index in [0.717, 1.165) is 18.8 Å². The van der Waals surface area contributed by atoms with E-state index in [2.05, 4.69) is 57.8 Å². The fourth-order valence-corrected chi connectivity index (χ4v) is 3.38. The lowest BCUT2D eigenvalue weighted by Gasteiger charge is -2.24. The molecule has 4 heteroatoms. The molecule has 0 unspecified atom stereocenters. The van der Waals surface area contributed by atoms with E-state index in [1.54, 1.807) is 11.3 Å². The average molecular weight is 287 g/mol. The summed E-state index contributed by atoms with van der Waals surface area (Å²) in [4.78, 5) is 6.88. The largest absolute Gasteiger partial charge is 0.307 e. The topological polar surface area (TPSA) is 28.2 Å². The van der Waals surface area contributed by atoms with Crippen LogP contribution in [-0.2, 0) is 6.54 Å². The molecule has 20 heavy (non-hydrogen) atoms. The van der Waals surface area contributed by atoms with Gasteiger partial charge in [0.05, 0.1) is 11.2 Å². The lowest BCUT2D eigenvalue weighted by Crippen LogP contribution is -2.33. The van der Waals surface area contributed by atoms with E-state index in [9.17, 15) is 0 Å². The fourth-order valence-electron chi connectivity index (χ4n) is 2.82. The number of likely N-dealkylation sites (tertiary alicyclic amines) is 1. The second kappa shape index (κ2) is 6.48. The molecule has 0 radical (unpaired) electrons. The summed E-state index contributed by atoms with van der Waals surface area (Å²) >= 11 is 1.66. The standard InChI is InChI=1S/C16H21N3S/c1-13(14-5-3-2-4-6-14)19-8-7-15(10-19)17-9-16-11-20-12-18-16/h2-6,11-13,15,17H,7-10H2,1H3/t13-,15+/m1/s1. The number of hydrogen-bond donors (Lipinski definition) is 1. The number of nitrogens with one attached hydrogen (secondary N) is 1. The Morgan fingerprint density at radius 2 is 2.25 bits per heavy atom. The van der Waals surface area contributed by atoms with E-state index in [1.165, 1.54) is 18.5 Å². The third-order valence-corrected chi connectivity index (χ3v) is 4.74. The molecular weight excluding hydrogens is 266 g/mol. The Morgan fingerprint density at radius 3 is 3.00 bits per heavy atom. The predicted octanol–water partition coefficient (Wildman–Crippen LogP) is 3.07. The van der Waals surface area contributed by atoms with Gasteiger partial charge in [0, 0.05) is 37.1 Å². The SMILES string of the molecule is C[C@H](c1ccccc1)N1CC[C@H](NCc2cscn2)C1. The molecule has 1 fully saturated rings. The molecule has 0 saturated carbocycles. The molecule has 3 rings (SSSR count). The molecule has 2 heterocycles. The van der Waals surface area contributed by atoms with E-state index >= 15 is 0 Å². The van der Waals surface area contributed by atoms with Gasteiger partial charge in [0.1, 0.15) is 0 Å². The smallest absolute Gasteiger partial charge is 0.0795 e. The molecule has 1 N–H and O–H groups in total. The molecule has 1 aromatic heterocycles. The first-order valence-corrected chi connectivity index (χ1v) is 8.16. The van der Waals surface area contributed by atoms with Crippen LogP contribution < -0.4 is 5.32 Å². The quantitative estimate of drug-likeness (QED) is 0.916. The van der Waals surface area contributed by atoms with Gasteiger partial charge in [-0.25, -0.2) is 4.98 Å². The van der Waals surface area contributed by atoms with Gasteiger partial charge in [0.15, 0.2) is 0 Å². The number of aromatic nitrogens is 1. The molecule has 2 atom stereocenters. The Bertz CT molecular complexity index is 512. The van der Waals surface area contributed by atoms with Crippen LogP contribution >= 0.6 is 11.3 Å². The Balaban J connectivity index is 1.51. The minimum atomic E-state index is 0.502. The van der Waals surface area contributed by atoms with Crippen LogP contribution in [0.25, 0.3) is 0 Å². The van der Waals surface area contributed by atoms with Crippen LogP contribution in [0.15, 0.2) is 41.2 Å². The molecule has 3 nitrogen and oxygen atoms in total. The first-order valence-electron chi connectivity index (χ1n) is 7.22. The third kappa shape index (κ3) is 3.26. The molecule has 1 aliphatic heterocycles. The van der Waals surface area contributed by atoms with E-state index in [-0.39, 0.29) is 0 Å². The zero-order valence-corrected chi connectivity index (χ0v) is 12.6. The molecule has 2 aromatic rings. The minimum Gasteiger partial charge on any atom is -0.307 e. The first-order chi connectivity index (χ1) is 9.83. The van der Waals surface area contributed by atoms with E-state index in [1.807, 2.05) is 5.51 Å². The Hall–Kier alpha value is -1.23. The summed E-state index contributed by atoms with van der Waals surface area (Å²) in [6.45, 7) is 5.49. The molecule has 0 amide bonds. The normalized spacial score (nSPS) is 21.1. The zero-order valence-electron chi connectivity index (χ0n) is 11.8. The second-order valence-corrected chi connectivity index (χ2v) is 6.15. The van der Waals surface area contributed by atoms with Crippen LogP contribution in [0.1, 0.15) is 30.6 Å². The molecule has 0 spiro atoms. The number of hydrogen-bond acceptors (Lipinski definition) is 4. The number of benzene rings is 1. The van der Waals surface area contributed by atoms with Crippen LogP contribution in [0.5, 0.6) is 0 Å². The van der Waals surface area contributed by atoms with Crippen molar-refractivity contribution in [3.05, 3.63) is 52.5 Å². The van der Waals surface area contributed by atoms with Gasteiger partial charge in [-0.3, -0.25) is 4.90 Å². The van der Waals surface area contributed by atoms with Crippen molar-refractivity contribution in [1.82, 2.24) is 15.2 Å². The van der Waals surface area contributed by atoms with Crippen molar-refractivity contribution in [3.63, 3.8) is 0 Å². The highest BCUT2D eigenvalue weighted by Gasteiger charge is 2.26. The summed E-state index contributed by atoms with van der Waals surface area (Å²) in [6, 6.07) is 11.9. The molecule has 1 aromatic carbocycles. The highest BCUT2D eigenvalue weighted by atomic mass is 32.1. The number of thiazole rings is 1. The highest BCUT2D eigenvalue weighted by Crippen LogP contribution is 2.24. The van der Waals surface area contributed by atoms with Crippen LogP contribution in [0, 0.1) is 0 Å². The number of nitrogens with zero attached hydrogens (tertiary/aromatic N) is 2. The van der Waals surface area contributed by atoms with Crippen LogP contribution in [0.3, 0.4) is 0 Å². The maximum atomic E-state index is 4.32. The Labute approximate surface area is 124 Å². The summed E-state index contributed by atoms with van der Waals surface area (Å²) in [5.41, 5.74) is 4.47. The van der Waals surface area contributed by atoms with Crippen molar-refractivity contribution in [2.45, 2.75) is 32.0 Å². The average Bonchev–Trinajstić information content (AvgIpc) is 3.17. The van der Waals surface area contributed by atoms with E-state index < -0.39 is 0 Å². The van der Waals surface area contributed by atoms with Gasteiger partial charge in [0.25, 0.3) is 0 Å². The monoisotopic (exact) mass is 287 g/mol.